The van der Waals surface area contributed by atoms with Crippen LogP contribution in [0.25, 0.3) is 10.9 Å². The number of hydrogen-bond donors (Lipinski definition) is 1. The highest BCUT2D eigenvalue weighted by Crippen LogP contribution is 2.26. The van der Waals surface area contributed by atoms with Gasteiger partial charge in [0.25, 0.3) is 0 Å². The molecule has 5 nitrogen and oxygen atoms in total. The Morgan fingerprint density at radius 1 is 1.14 bits per heavy atom. The zero-order chi connectivity index (χ0) is 15.4. The van der Waals surface area contributed by atoms with Gasteiger partial charge in [-0.3, -0.25) is 15.4 Å². The summed E-state index contributed by atoms with van der Waals surface area (Å²) in [6, 6.07) is 11.6. The lowest BCUT2D eigenvalue weighted by Gasteiger charge is -2.08. The van der Waals surface area contributed by atoms with Crippen molar-refractivity contribution in [2.45, 2.75) is 6.92 Å². The summed E-state index contributed by atoms with van der Waals surface area (Å²) in [6.07, 6.45) is 5.23. The van der Waals surface area contributed by atoms with Gasteiger partial charge in [0.1, 0.15) is 5.75 Å². The third-order valence-corrected chi connectivity index (χ3v) is 3.25. The van der Waals surface area contributed by atoms with Crippen LogP contribution in [0, 0.1) is 6.92 Å². The number of rotatable bonds is 4. The number of aromatic nitrogens is 2. The minimum absolute atomic E-state index is 0.789. The Hall–Kier alpha value is -2.95. The Morgan fingerprint density at radius 3 is 2.73 bits per heavy atom. The van der Waals surface area contributed by atoms with E-state index in [-0.39, 0.29) is 0 Å². The second-order valence-corrected chi connectivity index (χ2v) is 4.84. The van der Waals surface area contributed by atoms with Gasteiger partial charge >= 0.3 is 0 Å². The van der Waals surface area contributed by atoms with Crippen LogP contribution >= 0.6 is 0 Å². The van der Waals surface area contributed by atoms with Gasteiger partial charge in [-0.1, -0.05) is 0 Å². The van der Waals surface area contributed by atoms with E-state index >= 15 is 0 Å². The lowest BCUT2D eigenvalue weighted by molar-refractivity contribution is 0.415. The highest BCUT2D eigenvalue weighted by molar-refractivity contribution is 5.92. The first kappa shape index (κ1) is 14.0. The summed E-state index contributed by atoms with van der Waals surface area (Å²) in [7, 11) is 1.65. The molecule has 0 saturated heterocycles. The topological polar surface area (TPSA) is 59.4 Å². The number of benzene rings is 1. The molecule has 0 aliphatic carbocycles. The van der Waals surface area contributed by atoms with Crippen LogP contribution in [0.4, 0.5) is 5.69 Å². The molecule has 0 spiro atoms. The Labute approximate surface area is 128 Å². The Kier molecular flexibility index (Phi) is 3.96. The highest BCUT2D eigenvalue weighted by Gasteiger charge is 2.04. The zero-order valence-corrected chi connectivity index (χ0v) is 12.4. The van der Waals surface area contributed by atoms with Crippen molar-refractivity contribution in [2.24, 2.45) is 5.10 Å². The maximum absolute atomic E-state index is 5.25. The van der Waals surface area contributed by atoms with Crippen LogP contribution in [-0.4, -0.2) is 23.3 Å². The van der Waals surface area contributed by atoms with Gasteiger partial charge < -0.3 is 4.74 Å². The van der Waals surface area contributed by atoms with E-state index in [1.807, 2.05) is 43.3 Å². The number of nitrogens with zero attached hydrogens (tertiary/aromatic N) is 3. The van der Waals surface area contributed by atoms with E-state index < -0.39 is 0 Å². The Morgan fingerprint density at radius 2 is 1.95 bits per heavy atom. The standard InChI is InChI=1S/C17H16N4O/c1-12-9-17(21-19-11-13-5-7-18-8-6-13)15-4-3-14(22-2)10-16(15)20-12/h3-11H,1-2H3,(H,20,21)/b19-11+. The highest BCUT2D eigenvalue weighted by atomic mass is 16.5. The average Bonchev–Trinajstić information content (AvgIpc) is 2.55. The maximum Gasteiger partial charge on any atom is 0.121 e. The Bertz CT molecular complexity index is 816. The smallest absolute Gasteiger partial charge is 0.121 e. The van der Waals surface area contributed by atoms with Gasteiger partial charge in [-0.15, -0.1) is 0 Å². The minimum atomic E-state index is 0.789. The summed E-state index contributed by atoms with van der Waals surface area (Å²) in [5, 5.41) is 5.28. The van der Waals surface area contributed by atoms with E-state index in [2.05, 4.69) is 20.5 Å². The molecule has 110 valence electrons. The predicted octanol–water partition coefficient (Wildman–Crippen LogP) is 3.39. The monoisotopic (exact) mass is 292 g/mol. The lowest BCUT2D eigenvalue weighted by atomic mass is 10.1. The number of anilines is 1. The number of hydrazone groups is 1. The minimum Gasteiger partial charge on any atom is -0.497 e. The molecular weight excluding hydrogens is 276 g/mol. The summed E-state index contributed by atoms with van der Waals surface area (Å²) < 4.78 is 5.25. The molecule has 3 aromatic rings. The third-order valence-electron chi connectivity index (χ3n) is 3.25. The summed E-state index contributed by atoms with van der Waals surface area (Å²) in [6.45, 7) is 1.96. The van der Waals surface area contributed by atoms with E-state index in [9.17, 15) is 0 Å². The van der Waals surface area contributed by atoms with Crippen molar-refractivity contribution < 1.29 is 4.74 Å². The third kappa shape index (κ3) is 3.03. The number of methoxy groups -OCH3 is 1. The van der Waals surface area contributed by atoms with Gasteiger partial charge in [-0.25, -0.2) is 0 Å². The number of aryl methyl sites for hydroxylation is 1. The van der Waals surface area contributed by atoms with E-state index in [4.69, 9.17) is 4.74 Å². The fraction of sp³-hybridized carbons (Fsp3) is 0.118. The van der Waals surface area contributed by atoms with Gasteiger partial charge in [0.05, 0.1) is 24.5 Å². The molecule has 22 heavy (non-hydrogen) atoms. The van der Waals surface area contributed by atoms with Crippen LogP contribution in [0.1, 0.15) is 11.3 Å². The van der Waals surface area contributed by atoms with E-state index in [1.54, 1.807) is 25.7 Å². The molecule has 0 aliphatic rings. The summed E-state index contributed by atoms with van der Waals surface area (Å²) >= 11 is 0. The lowest BCUT2D eigenvalue weighted by Crippen LogP contribution is -1.95. The van der Waals surface area contributed by atoms with Gasteiger partial charge in [-0.05, 0) is 42.8 Å². The SMILES string of the molecule is COc1ccc2c(N/N=C/c3ccncc3)cc(C)nc2c1. The van der Waals surface area contributed by atoms with Gasteiger partial charge in [0.15, 0.2) is 0 Å². The molecule has 0 fully saturated rings. The summed E-state index contributed by atoms with van der Waals surface area (Å²) in [5.74, 6) is 0.789. The first-order valence-electron chi connectivity index (χ1n) is 6.91. The zero-order valence-electron chi connectivity index (χ0n) is 12.4. The fourth-order valence-corrected chi connectivity index (χ4v) is 2.19. The van der Waals surface area contributed by atoms with Crippen molar-refractivity contribution in [3.63, 3.8) is 0 Å². The van der Waals surface area contributed by atoms with Crippen molar-refractivity contribution in [1.29, 1.82) is 0 Å². The number of hydrogen-bond acceptors (Lipinski definition) is 5. The average molecular weight is 292 g/mol. The molecule has 0 bridgehead atoms. The van der Waals surface area contributed by atoms with Crippen molar-refractivity contribution in [2.75, 3.05) is 12.5 Å². The largest absolute Gasteiger partial charge is 0.497 e. The molecule has 2 aromatic heterocycles. The van der Waals surface area contributed by atoms with Gasteiger partial charge in [0.2, 0.25) is 0 Å². The van der Waals surface area contributed by atoms with Crippen LogP contribution in [0.15, 0.2) is 53.9 Å². The summed E-state index contributed by atoms with van der Waals surface area (Å²) in [4.78, 5) is 8.51. The first-order valence-corrected chi connectivity index (χ1v) is 6.91. The first-order chi connectivity index (χ1) is 10.8. The van der Waals surface area contributed by atoms with Crippen molar-refractivity contribution >= 4 is 22.8 Å². The van der Waals surface area contributed by atoms with E-state index in [0.29, 0.717) is 0 Å². The molecule has 1 aromatic carbocycles. The number of nitrogens with one attached hydrogen (secondary N) is 1. The van der Waals surface area contributed by atoms with Gasteiger partial charge in [0, 0.05) is 29.5 Å². The molecule has 0 unspecified atom stereocenters. The van der Waals surface area contributed by atoms with Crippen molar-refractivity contribution in [1.82, 2.24) is 9.97 Å². The molecule has 0 aliphatic heterocycles. The molecule has 1 N–H and O–H groups in total. The molecule has 0 saturated carbocycles. The fourth-order valence-electron chi connectivity index (χ4n) is 2.19. The van der Waals surface area contributed by atoms with Gasteiger partial charge in [-0.2, -0.15) is 5.10 Å². The van der Waals surface area contributed by atoms with E-state index in [1.165, 1.54) is 0 Å². The van der Waals surface area contributed by atoms with Crippen molar-refractivity contribution in [3.05, 3.63) is 60.0 Å². The molecule has 0 amide bonds. The van der Waals surface area contributed by atoms with Crippen LogP contribution in [0.5, 0.6) is 5.75 Å². The van der Waals surface area contributed by atoms with Crippen LogP contribution < -0.4 is 10.2 Å². The Balaban J connectivity index is 1.91. The summed E-state index contributed by atoms with van der Waals surface area (Å²) in [5.41, 5.74) is 6.78. The molecule has 5 heteroatoms. The molecular formula is C17H16N4O. The second kappa shape index (κ2) is 6.22. The normalized spacial score (nSPS) is 11.0. The van der Waals surface area contributed by atoms with Crippen molar-refractivity contribution in [3.8, 4) is 5.75 Å². The molecule has 0 radical (unpaired) electrons. The van der Waals surface area contributed by atoms with Crippen LogP contribution in [0.2, 0.25) is 0 Å². The number of ether oxygens (including phenoxy) is 1. The molecule has 0 atom stereocenters. The quantitative estimate of drug-likeness (QED) is 0.591. The maximum atomic E-state index is 5.25. The number of pyridine rings is 2. The molecule has 2 heterocycles. The second-order valence-electron chi connectivity index (χ2n) is 4.84. The van der Waals surface area contributed by atoms with Crippen LogP contribution in [0.3, 0.4) is 0 Å². The predicted molar refractivity (Wildman–Crippen MR) is 88.5 cm³/mol. The molecule has 3 rings (SSSR count). The number of fused-ring (bicyclic) bond motifs is 1. The van der Waals surface area contributed by atoms with E-state index in [0.717, 1.165) is 33.6 Å². The van der Waals surface area contributed by atoms with Crippen LogP contribution in [-0.2, 0) is 0 Å².